The van der Waals surface area contributed by atoms with Crippen LogP contribution in [0.3, 0.4) is 0 Å². The molecule has 1 N–H and O–H groups in total. The molecule has 0 aliphatic rings. The fraction of sp³-hybridized carbons (Fsp3) is 0.222. The number of rotatable bonds is 6. The number of anilines is 1. The van der Waals surface area contributed by atoms with E-state index < -0.39 is 10.7 Å². The maximum atomic E-state index is 13.5. The minimum atomic E-state index is -0.492. The van der Waals surface area contributed by atoms with E-state index in [0.29, 0.717) is 29.6 Å². The van der Waals surface area contributed by atoms with Crippen molar-refractivity contribution in [2.45, 2.75) is 0 Å². The molecule has 8 nitrogen and oxygen atoms in total. The monoisotopic (exact) mass is 371 g/mol. The number of aromatic nitrogens is 2. The number of carbonyl (C=O) groups excluding carboxylic acids is 1. The van der Waals surface area contributed by atoms with E-state index >= 15 is 0 Å². The first-order valence-electron chi connectivity index (χ1n) is 8.21. The summed E-state index contributed by atoms with van der Waals surface area (Å²) in [6, 6.07) is 7.10. The summed E-state index contributed by atoms with van der Waals surface area (Å²) in [5.41, 5.74) is 0.953. The second-order valence-corrected chi connectivity index (χ2v) is 6.14. The van der Waals surface area contributed by atoms with Crippen LogP contribution in [0.1, 0.15) is 10.4 Å². The lowest BCUT2D eigenvalue weighted by atomic mass is 10.1. The van der Waals surface area contributed by atoms with Crippen LogP contribution in [0.15, 0.2) is 42.7 Å². The molecule has 0 saturated carbocycles. The fourth-order valence-electron chi connectivity index (χ4n) is 2.81. The Kier molecular flexibility index (Phi) is 5.02. The number of hydrogen-bond donors (Lipinski definition) is 1. The molecule has 0 unspecified atom stereocenters. The molecular formula is C18H18FN5O3. The maximum absolute atomic E-state index is 13.5. The summed E-state index contributed by atoms with van der Waals surface area (Å²) in [7, 11) is 3.30. The Balaban J connectivity index is 1.72. The second kappa shape index (κ2) is 7.40. The number of benzene rings is 1. The molecule has 3 rings (SSSR count). The van der Waals surface area contributed by atoms with Crippen molar-refractivity contribution >= 4 is 28.3 Å². The number of carbonyl (C=O) groups is 1. The van der Waals surface area contributed by atoms with Gasteiger partial charge in [-0.05, 0) is 24.3 Å². The van der Waals surface area contributed by atoms with Gasteiger partial charge >= 0.3 is 5.69 Å². The van der Waals surface area contributed by atoms with Gasteiger partial charge < -0.3 is 14.8 Å². The van der Waals surface area contributed by atoms with Gasteiger partial charge in [0.1, 0.15) is 5.82 Å². The maximum Gasteiger partial charge on any atom is 0.311 e. The molecule has 0 spiro atoms. The zero-order chi connectivity index (χ0) is 19.6. The molecule has 9 heteroatoms. The highest BCUT2D eigenvalue weighted by molar-refractivity contribution is 6.06. The highest BCUT2D eigenvalue weighted by atomic mass is 19.1. The number of halogens is 1. The molecule has 140 valence electrons. The number of fused-ring (bicyclic) bond motifs is 1. The third-order valence-corrected chi connectivity index (χ3v) is 4.32. The quantitative estimate of drug-likeness (QED) is 0.531. The summed E-state index contributed by atoms with van der Waals surface area (Å²) in [6.45, 7) is 0.655. The van der Waals surface area contributed by atoms with Gasteiger partial charge in [-0.25, -0.2) is 9.37 Å². The van der Waals surface area contributed by atoms with Gasteiger partial charge in [-0.3, -0.25) is 14.9 Å². The van der Waals surface area contributed by atoms with Gasteiger partial charge in [-0.1, -0.05) is 0 Å². The van der Waals surface area contributed by atoms with E-state index in [-0.39, 0.29) is 17.4 Å². The largest absolute Gasteiger partial charge is 0.360 e. The SMILES string of the molecule is CN(CCN(C)c1ncccc1[N+](=O)[O-])C(=O)c1c[nH]c2ccc(F)cc12. The zero-order valence-corrected chi connectivity index (χ0v) is 14.8. The third kappa shape index (κ3) is 3.71. The van der Waals surface area contributed by atoms with E-state index in [1.165, 1.54) is 35.4 Å². The molecule has 1 aromatic carbocycles. The summed E-state index contributed by atoms with van der Waals surface area (Å²) in [4.78, 5) is 33.4. The molecular weight excluding hydrogens is 353 g/mol. The standard InChI is InChI=1S/C18H18FN5O3/c1-22(17-16(24(26)27)4-3-7-20-17)8-9-23(2)18(25)14-11-21-15-6-5-12(19)10-13(14)15/h3-7,10-11,21H,8-9H2,1-2H3. The van der Waals surface area contributed by atoms with Crippen LogP contribution in [0.25, 0.3) is 10.9 Å². The van der Waals surface area contributed by atoms with Crippen molar-refractivity contribution in [1.29, 1.82) is 0 Å². The van der Waals surface area contributed by atoms with Crippen LogP contribution in [0.5, 0.6) is 0 Å². The van der Waals surface area contributed by atoms with Crippen LogP contribution in [0.2, 0.25) is 0 Å². The Labute approximate surface area is 154 Å². The van der Waals surface area contributed by atoms with E-state index in [2.05, 4.69) is 9.97 Å². The molecule has 27 heavy (non-hydrogen) atoms. The molecule has 3 aromatic rings. The number of nitro groups is 1. The first-order chi connectivity index (χ1) is 12.9. The predicted molar refractivity (Wildman–Crippen MR) is 99.4 cm³/mol. The number of aromatic amines is 1. The second-order valence-electron chi connectivity index (χ2n) is 6.14. The Morgan fingerprint density at radius 3 is 2.81 bits per heavy atom. The summed E-state index contributed by atoms with van der Waals surface area (Å²) in [5.74, 6) is -0.450. The van der Waals surface area contributed by atoms with Crippen LogP contribution in [-0.2, 0) is 0 Å². The van der Waals surface area contributed by atoms with Gasteiger partial charge in [0.15, 0.2) is 0 Å². The van der Waals surface area contributed by atoms with E-state index in [1.54, 1.807) is 31.3 Å². The number of pyridine rings is 1. The van der Waals surface area contributed by atoms with Crippen molar-refractivity contribution in [1.82, 2.24) is 14.9 Å². The molecule has 2 aromatic heterocycles. The number of nitrogens with one attached hydrogen (secondary N) is 1. The predicted octanol–water partition coefficient (Wildman–Crippen LogP) is 2.82. The van der Waals surface area contributed by atoms with Gasteiger partial charge in [-0.2, -0.15) is 0 Å². The van der Waals surface area contributed by atoms with E-state index in [0.717, 1.165) is 0 Å². The Morgan fingerprint density at radius 2 is 2.07 bits per heavy atom. The summed E-state index contributed by atoms with van der Waals surface area (Å²) >= 11 is 0. The molecule has 0 aliphatic carbocycles. The number of likely N-dealkylation sites (N-methyl/N-ethyl adjacent to an activating group) is 2. The molecule has 0 saturated heterocycles. The van der Waals surface area contributed by atoms with Crippen LogP contribution in [0, 0.1) is 15.9 Å². The Hall–Kier alpha value is -3.49. The van der Waals surface area contributed by atoms with Crippen molar-refractivity contribution < 1.29 is 14.1 Å². The van der Waals surface area contributed by atoms with Crippen molar-refractivity contribution in [3.05, 3.63) is 64.2 Å². The average molecular weight is 371 g/mol. The van der Waals surface area contributed by atoms with Gasteiger partial charge in [0.2, 0.25) is 5.82 Å². The smallest absolute Gasteiger partial charge is 0.311 e. The van der Waals surface area contributed by atoms with Crippen LogP contribution in [0.4, 0.5) is 15.9 Å². The zero-order valence-electron chi connectivity index (χ0n) is 14.8. The average Bonchev–Trinajstić information content (AvgIpc) is 3.08. The number of amides is 1. The molecule has 0 bridgehead atoms. The first kappa shape index (κ1) is 18.3. The molecule has 0 aliphatic heterocycles. The fourth-order valence-corrected chi connectivity index (χ4v) is 2.81. The van der Waals surface area contributed by atoms with E-state index in [9.17, 15) is 19.3 Å². The first-order valence-corrected chi connectivity index (χ1v) is 8.21. The Morgan fingerprint density at radius 1 is 1.30 bits per heavy atom. The topological polar surface area (TPSA) is 95.4 Å². The normalized spacial score (nSPS) is 10.8. The molecule has 2 heterocycles. The summed E-state index contributed by atoms with van der Waals surface area (Å²) in [5, 5.41) is 11.6. The van der Waals surface area contributed by atoms with Crippen LogP contribution < -0.4 is 4.90 Å². The van der Waals surface area contributed by atoms with Crippen molar-refractivity contribution in [2.75, 3.05) is 32.1 Å². The molecule has 0 fully saturated rings. The molecule has 0 radical (unpaired) electrons. The third-order valence-electron chi connectivity index (χ3n) is 4.32. The van der Waals surface area contributed by atoms with E-state index in [4.69, 9.17) is 0 Å². The van der Waals surface area contributed by atoms with Crippen molar-refractivity contribution in [3.8, 4) is 0 Å². The van der Waals surface area contributed by atoms with Crippen LogP contribution in [-0.4, -0.2) is 52.9 Å². The highest BCUT2D eigenvalue weighted by Gasteiger charge is 2.20. The van der Waals surface area contributed by atoms with E-state index in [1.807, 2.05) is 0 Å². The lowest BCUT2D eigenvalue weighted by molar-refractivity contribution is -0.384. The minimum Gasteiger partial charge on any atom is -0.360 e. The molecule has 0 atom stereocenters. The highest BCUT2D eigenvalue weighted by Crippen LogP contribution is 2.24. The number of H-pyrrole nitrogens is 1. The van der Waals surface area contributed by atoms with Crippen molar-refractivity contribution in [2.24, 2.45) is 0 Å². The van der Waals surface area contributed by atoms with Gasteiger partial charge in [0, 0.05) is 56.5 Å². The van der Waals surface area contributed by atoms with Gasteiger partial charge in [0.25, 0.3) is 5.91 Å². The minimum absolute atomic E-state index is 0.0962. The van der Waals surface area contributed by atoms with Crippen molar-refractivity contribution in [3.63, 3.8) is 0 Å². The summed E-state index contributed by atoms with van der Waals surface area (Å²) in [6.07, 6.45) is 3.03. The number of hydrogen-bond acceptors (Lipinski definition) is 5. The van der Waals surface area contributed by atoms with Gasteiger partial charge in [0.05, 0.1) is 10.5 Å². The summed E-state index contributed by atoms with van der Waals surface area (Å²) < 4.78 is 13.5. The lowest BCUT2D eigenvalue weighted by Gasteiger charge is -2.22. The lowest BCUT2D eigenvalue weighted by Crippen LogP contribution is -2.35. The molecule has 1 amide bonds. The number of nitrogens with zero attached hydrogens (tertiary/aromatic N) is 4. The van der Waals surface area contributed by atoms with Crippen LogP contribution >= 0.6 is 0 Å². The van der Waals surface area contributed by atoms with Gasteiger partial charge in [-0.15, -0.1) is 0 Å². The Bertz CT molecular complexity index is 1000.